The molecule has 8 heteroatoms. The predicted octanol–water partition coefficient (Wildman–Crippen LogP) is 4.38. The normalized spacial score (nSPS) is 11.6. The summed E-state index contributed by atoms with van der Waals surface area (Å²) in [5.41, 5.74) is 1.86. The van der Waals surface area contributed by atoms with E-state index in [1.807, 2.05) is 0 Å². The van der Waals surface area contributed by atoms with Gasteiger partial charge in [-0.2, -0.15) is 13.2 Å². The largest absolute Gasteiger partial charge is 0.416 e. The average molecular weight is 391 g/mol. The van der Waals surface area contributed by atoms with Crippen LogP contribution in [0.15, 0.2) is 36.4 Å². The maximum Gasteiger partial charge on any atom is 0.416 e. The highest BCUT2D eigenvalue weighted by Crippen LogP contribution is 2.29. The van der Waals surface area contributed by atoms with Gasteiger partial charge in [0.2, 0.25) is 0 Å². The second-order valence-electron chi connectivity index (χ2n) is 6.42. The third kappa shape index (κ3) is 4.27. The number of amides is 1. The van der Waals surface area contributed by atoms with Crippen molar-refractivity contribution in [1.82, 2.24) is 15.3 Å². The fourth-order valence-corrected chi connectivity index (χ4v) is 2.75. The minimum absolute atomic E-state index is 0.0676. The van der Waals surface area contributed by atoms with Crippen LogP contribution in [0.3, 0.4) is 0 Å². The van der Waals surface area contributed by atoms with E-state index in [9.17, 15) is 22.4 Å². The lowest BCUT2D eigenvalue weighted by Gasteiger charge is -2.10. The van der Waals surface area contributed by atoms with Crippen molar-refractivity contribution < 1.29 is 22.4 Å². The van der Waals surface area contributed by atoms with Crippen molar-refractivity contribution >= 4 is 16.9 Å². The van der Waals surface area contributed by atoms with E-state index in [0.717, 1.165) is 18.2 Å². The predicted molar refractivity (Wildman–Crippen MR) is 96.5 cm³/mol. The molecule has 0 radical (unpaired) electrons. The molecule has 146 valence electrons. The number of hydrogen-bond donors (Lipinski definition) is 1. The maximum absolute atomic E-state index is 13.9. The molecule has 1 N–H and O–H groups in total. The van der Waals surface area contributed by atoms with E-state index in [0.29, 0.717) is 28.9 Å². The Hall–Kier alpha value is -3.03. The maximum atomic E-state index is 13.9. The van der Waals surface area contributed by atoms with Gasteiger partial charge in [0.1, 0.15) is 11.3 Å². The van der Waals surface area contributed by atoms with Crippen molar-refractivity contribution in [1.29, 1.82) is 0 Å². The summed E-state index contributed by atoms with van der Waals surface area (Å²) in [6.45, 7) is 3.67. The van der Waals surface area contributed by atoms with E-state index < -0.39 is 23.5 Å². The van der Waals surface area contributed by atoms with Crippen LogP contribution < -0.4 is 5.32 Å². The number of alkyl halides is 3. The van der Waals surface area contributed by atoms with E-state index in [1.165, 1.54) is 18.2 Å². The lowest BCUT2D eigenvalue weighted by molar-refractivity contribution is -0.137. The van der Waals surface area contributed by atoms with Gasteiger partial charge in [0.25, 0.3) is 5.91 Å². The summed E-state index contributed by atoms with van der Waals surface area (Å²) in [4.78, 5) is 21.1. The van der Waals surface area contributed by atoms with Crippen LogP contribution >= 0.6 is 0 Å². The molecule has 1 aromatic heterocycles. The SMILES string of the molecule is Cc1nc2cc(F)cc(C(=O)NCCc3ccc(C(F)(F)F)cc3)c2nc1C. The Labute approximate surface area is 158 Å². The molecule has 3 aromatic rings. The molecular weight excluding hydrogens is 374 g/mol. The number of fused-ring (bicyclic) bond motifs is 1. The molecule has 0 aliphatic heterocycles. The molecule has 28 heavy (non-hydrogen) atoms. The van der Waals surface area contributed by atoms with Crippen molar-refractivity contribution in [3.8, 4) is 0 Å². The number of nitrogens with one attached hydrogen (secondary N) is 1. The molecule has 0 unspecified atom stereocenters. The Morgan fingerprint density at radius 2 is 1.68 bits per heavy atom. The summed E-state index contributed by atoms with van der Waals surface area (Å²) >= 11 is 0. The molecule has 3 rings (SSSR count). The van der Waals surface area contributed by atoms with Gasteiger partial charge < -0.3 is 5.32 Å². The van der Waals surface area contributed by atoms with Gasteiger partial charge in [0.15, 0.2) is 0 Å². The van der Waals surface area contributed by atoms with Gasteiger partial charge in [0, 0.05) is 12.6 Å². The molecule has 1 amide bonds. The van der Waals surface area contributed by atoms with Crippen molar-refractivity contribution in [2.75, 3.05) is 6.54 Å². The molecule has 4 nitrogen and oxygen atoms in total. The van der Waals surface area contributed by atoms with Crippen LogP contribution in [0.4, 0.5) is 17.6 Å². The minimum Gasteiger partial charge on any atom is -0.352 e. The van der Waals surface area contributed by atoms with Gasteiger partial charge in [-0.1, -0.05) is 12.1 Å². The Balaban J connectivity index is 1.72. The summed E-state index contributed by atoms with van der Waals surface area (Å²) in [5.74, 6) is -1.12. The standard InChI is InChI=1S/C20H17F4N3O/c1-11-12(2)27-18-16(9-15(21)10-17(18)26-11)19(28)25-8-7-13-3-5-14(6-4-13)20(22,23)24/h3-6,9-10H,7-8H2,1-2H3,(H,25,28). The van der Waals surface area contributed by atoms with Crippen LogP contribution in [0.2, 0.25) is 0 Å². The Morgan fingerprint density at radius 3 is 2.32 bits per heavy atom. The molecule has 0 saturated heterocycles. The number of aromatic nitrogens is 2. The zero-order valence-electron chi connectivity index (χ0n) is 15.2. The third-order valence-electron chi connectivity index (χ3n) is 4.37. The lowest BCUT2D eigenvalue weighted by Crippen LogP contribution is -2.26. The van der Waals surface area contributed by atoms with E-state index in [4.69, 9.17) is 0 Å². The number of benzene rings is 2. The molecule has 0 bridgehead atoms. The Kier molecular flexibility index (Phi) is 5.31. The monoisotopic (exact) mass is 391 g/mol. The van der Waals surface area contributed by atoms with Crippen LogP contribution in [0.1, 0.15) is 32.9 Å². The smallest absolute Gasteiger partial charge is 0.352 e. The van der Waals surface area contributed by atoms with Gasteiger partial charge in [-0.3, -0.25) is 4.79 Å². The molecule has 2 aromatic carbocycles. The van der Waals surface area contributed by atoms with Crippen molar-refractivity contribution in [2.45, 2.75) is 26.4 Å². The third-order valence-corrected chi connectivity index (χ3v) is 4.37. The van der Waals surface area contributed by atoms with Crippen molar-refractivity contribution in [2.24, 2.45) is 0 Å². The summed E-state index contributed by atoms with van der Waals surface area (Å²) in [6.07, 6.45) is -4.05. The fraction of sp³-hybridized carbons (Fsp3) is 0.250. The number of rotatable bonds is 4. The number of carbonyl (C=O) groups excluding carboxylic acids is 1. The van der Waals surface area contributed by atoms with Crippen LogP contribution in [0, 0.1) is 19.7 Å². The van der Waals surface area contributed by atoms with E-state index in [-0.39, 0.29) is 17.6 Å². The Morgan fingerprint density at radius 1 is 1.04 bits per heavy atom. The van der Waals surface area contributed by atoms with Crippen molar-refractivity contribution in [3.05, 3.63) is 70.3 Å². The van der Waals surface area contributed by atoms with Gasteiger partial charge in [-0.05, 0) is 44.0 Å². The lowest BCUT2D eigenvalue weighted by atomic mass is 10.1. The zero-order chi connectivity index (χ0) is 20.5. The second kappa shape index (κ2) is 7.53. The number of nitrogens with zero attached hydrogens (tertiary/aromatic N) is 2. The summed E-state index contributed by atoms with van der Waals surface area (Å²) in [7, 11) is 0. The van der Waals surface area contributed by atoms with E-state index in [2.05, 4.69) is 15.3 Å². The van der Waals surface area contributed by atoms with Gasteiger partial charge >= 0.3 is 6.18 Å². The number of hydrogen-bond acceptors (Lipinski definition) is 3. The van der Waals surface area contributed by atoms with Gasteiger partial charge in [-0.25, -0.2) is 14.4 Å². The highest BCUT2D eigenvalue weighted by molar-refractivity contribution is 6.04. The molecular formula is C20H17F4N3O. The first-order chi connectivity index (χ1) is 13.1. The second-order valence-corrected chi connectivity index (χ2v) is 6.42. The molecule has 1 heterocycles. The molecule has 0 aliphatic carbocycles. The molecule has 0 atom stereocenters. The number of aryl methyl sites for hydroxylation is 2. The first-order valence-electron chi connectivity index (χ1n) is 8.54. The quantitative estimate of drug-likeness (QED) is 0.672. The molecule has 0 saturated carbocycles. The first kappa shape index (κ1) is 19.7. The minimum atomic E-state index is -4.39. The summed E-state index contributed by atoms with van der Waals surface area (Å²) in [6, 6.07) is 7.04. The van der Waals surface area contributed by atoms with Crippen LogP contribution in [0.5, 0.6) is 0 Å². The number of halogens is 4. The topological polar surface area (TPSA) is 54.9 Å². The van der Waals surface area contributed by atoms with Crippen LogP contribution in [0.25, 0.3) is 11.0 Å². The van der Waals surface area contributed by atoms with E-state index >= 15 is 0 Å². The summed E-state index contributed by atoms with van der Waals surface area (Å²) in [5, 5.41) is 2.65. The molecule has 0 aliphatic rings. The molecule has 0 spiro atoms. The Bertz CT molecular complexity index is 1030. The zero-order valence-corrected chi connectivity index (χ0v) is 15.2. The van der Waals surface area contributed by atoms with Crippen LogP contribution in [-0.4, -0.2) is 22.4 Å². The van der Waals surface area contributed by atoms with Crippen LogP contribution in [-0.2, 0) is 12.6 Å². The van der Waals surface area contributed by atoms with Gasteiger partial charge in [0.05, 0.1) is 28.0 Å². The van der Waals surface area contributed by atoms with Crippen molar-refractivity contribution in [3.63, 3.8) is 0 Å². The summed E-state index contributed by atoms with van der Waals surface area (Å²) < 4.78 is 51.6. The highest BCUT2D eigenvalue weighted by atomic mass is 19.4. The number of carbonyl (C=O) groups is 1. The van der Waals surface area contributed by atoms with Gasteiger partial charge in [-0.15, -0.1) is 0 Å². The molecule has 0 fully saturated rings. The fourth-order valence-electron chi connectivity index (χ4n) is 2.75. The highest BCUT2D eigenvalue weighted by Gasteiger charge is 2.29. The van der Waals surface area contributed by atoms with E-state index in [1.54, 1.807) is 13.8 Å². The first-order valence-corrected chi connectivity index (χ1v) is 8.54. The average Bonchev–Trinajstić information content (AvgIpc) is 2.62.